The van der Waals surface area contributed by atoms with Gasteiger partial charge in [0.05, 0.1) is 25.4 Å². The van der Waals surface area contributed by atoms with Crippen LogP contribution in [-0.4, -0.2) is 84.3 Å². The van der Waals surface area contributed by atoms with Crippen LogP contribution in [0.1, 0.15) is 122 Å². The van der Waals surface area contributed by atoms with E-state index in [1.54, 1.807) is 7.11 Å². The lowest BCUT2D eigenvalue weighted by molar-refractivity contribution is -0.276. The molecular formula is C28H56N3O6P. The van der Waals surface area contributed by atoms with E-state index in [2.05, 4.69) is 32.8 Å². The molecule has 0 aliphatic carbocycles. The molecule has 9 nitrogen and oxygen atoms in total. The average Bonchev–Trinajstić information content (AvgIpc) is 2.67. The molecule has 0 aromatic rings. The van der Waals surface area contributed by atoms with Gasteiger partial charge in [-0.25, -0.2) is 0 Å². The van der Waals surface area contributed by atoms with Crippen molar-refractivity contribution in [3.63, 3.8) is 0 Å². The molecule has 0 atom stereocenters. The predicted molar refractivity (Wildman–Crippen MR) is 150 cm³/mol. The van der Waals surface area contributed by atoms with Crippen LogP contribution in [0.3, 0.4) is 0 Å². The summed E-state index contributed by atoms with van der Waals surface area (Å²) < 4.78 is 20.2. The Bertz CT molecular complexity index is 735. The molecule has 3 aliphatic heterocycles. The summed E-state index contributed by atoms with van der Waals surface area (Å²) >= 11 is 0. The molecule has 0 saturated carbocycles. The van der Waals surface area contributed by atoms with Crippen LogP contribution in [-0.2, 0) is 18.4 Å². The first-order chi connectivity index (χ1) is 17.0. The summed E-state index contributed by atoms with van der Waals surface area (Å²) in [5.41, 5.74) is -2.19. The van der Waals surface area contributed by atoms with Crippen LogP contribution in [0, 0.1) is 0 Å². The van der Waals surface area contributed by atoms with Crippen molar-refractivity contribution in [1.29, 1.82) is 0 Å². The highest BCUT2D eigenvalue weighted by Gasteiger charge is 2.51. The van der Waals surface area contributed by atoms with E-state index >= 15 is 0 Å². The molecule has 3 rings (SSSR count). The Balaban J connectivity index is 1.85. The molecule has 0 aromatic heterocycles. The summed E-state index contributed by atoms with van der Waals surface area (Å²) in [6.07, 6.45) is 3.96. The summed E-state index contributed by atoms with van der Waals surface area (Å²) in [7, 11) is 0.0494. The molecule has 2 N–H and O–H groups in total. The van der Waals surface area contributed by atoms with Gasteiger partial charge in [0.25, 0.3) is 0 Å². The van der Waals surface area contributed by atoms with Gasteiger partial charge in [0.15, 0.2) is 0 Å². The van der Waals surface area contributed by atoms with Crippen LogP contribution in [0.25, 0.3) is 0 Å². The Morgan fingerprint density at radius 1 is 0.500 bits per heavy atom. The van der Waals surface area contributed by atoms with Gasteiger partial charge in [-0.3, -0.25) is 0 Å². The molecule has 0 radical (unpaired) electrons. The maximum absolute atomic E-state index is 10.8. The molecule has 0 amide bonds. The lowest BCUT2D eigenvalue weighted by Crippen LogP contribution is -2.61. The van der Waals surface area contributed by atoms with Gasteiger partial charge in [0, 0.05) is 33.2 Å². The van der Waals surface area contributed by atoms with Gasteiger partial charge < -0.3 is 28.8 Å². The zero-order chi connectivity index (χ0) is 29.1. The van der Waals surface area contributed by atoms with Crippen LogP contribution < -0.4 is 0 Å². The van der Waals surface area contributed by atoms with E-state index in [0.29, 0.717) is 25.7 Å². The smallest absolute Gasteiger partial charge is 0.313 e. The van der Waals surface area contributed by atoms with Gasteiger partial charge in [-0.1, -0.05) is 0 Å². The predicted octanol–water partition coefficient (Wildman–Crippen LogP) is 6.67. The van der Waals surface area contributed by atoms with E-state index in [1.165, 1.54) is 10.1 Å². The first-order valence-electron chi connectivity index (χ1n) is 14.2. The minimum absolute atomic E-state index is 0.0598. The molecule has 0 spiro atoms. The second-order valence-corrected chi connectivity index (χ2v) is 16.7. The van der Waals surface area contributed by atoms with Crippen molar-refractivity contribution >= 4 is 8.60 Å². The molecule has 10 heteroatoms. The SMILES string of the molecule is CON1C(C)(C)CC(OP(OC2CC(C)(C)N(O)C(C)(C)C2)OC2CC(C)(C)N(O)C(C)(C)C2)CC1(C)C. The molecule has 3 fully saturated rings. The molecule has 3 heterocycles. The van der Waals surface area contributed by atoms with E-state index < -0.39 is 30.8 Å². The molecule has 0 bridgehead atoms. The lowest BCUT2D eigenvalue weighted by atomic mass is 9.80. The molecule has 0 unspecified atom stereocenters. The summed E-state index contributed by atoms with van der Waals surface area (Å²) in [5.74, 6) is 0. The van der Waals surface area contributed by atoms with Gasteiger partial charge >= 0.3 is 8.60 Å². The van der Waals surface area contributed by atoms with Crippen LogP contribution >= 0.6 is 8.60 Å². The first kappa shape index (κ1) is 32.6. The second kappa shape index (κ2) is 10.7. The van der Waals surface area contributed by atoms with Crippen LogP contribution in [0.4, 0.5) is 0 Å². The number of nitrogens with zero attached hydrogens (tertiary/aromatic N) is 3. The number of hydroxylamine groups is 6. The van der Waals surface area contributed by atoms with Crippen molar-refractivity contribution in [2.45, 2.75) is 173 Å². The largest absolute Gasteiger partial charge is 0.333 e. The maximum Gasteiger partial charge on any atom is 0.333 e. The third kappa shape index (κ3) is 6.92. The standard InChI is InChI=1S/C28H56N3O6P/c1-23(2)14-20(15-24(3,4)29(23)32)35-38(36-21-16-25(5,6)30(33)26(7,8)17-21)37-22-18-27(9,10)31(34-13)28(11,12)19-22/h20-22,32-33H,14-19H2,1-13H3. The Kier molecular flexibility index (Phi) is 9.19. The van der Waals surface area contributed by atoms with Crippen molar-refractivity contribution in [2.24, 2.45) is 0 Å². The molecule has 0 aromatic carbocycles. The average molecular weight is 562 g/mol. The van der Waals surface area contributed by atoms with Crippen molar-refractivity contribution in [2.75, 3.05) is 7.11 Å². The highest BCUT2D eigenvalue weighted by Crippen LogP contribution is 2.54. The van der Waals surface area contributed by atoms with Gasteiger partial charge in [-0.15, -0.1) is 0 Å². The Labute approximate surface area is 233 Å². The summed E-state index contributed by atoms with van der Waals surface area (Å²) in [6, 6.07) is 0. The Hall–Kier alpha value is 0.0700. The first-order valence-corrected chi connectivity index (χ1v) is 15.3. The zero-order valence-corrected chi connectivity index (χ0v) is 27.2. The fourth-order valence-corrected chi connectivity index (χ4v) is 9.01. The monoisotopic (exact) mass is 561 g/mol. The van der Waals surface area contributed by atoms with E-state index in [-0.39, 0.29) is 29.4 Å². The molecular weight excluding hydrogens is 505 g/mol. The van der Waals surface area contributed by atoms with Crippen molar-refractivity contribution < 1.29 is 28.8 Å². The third-order valence-electron chi connectivity index (χ3n) is 8.64. The highest BCUT2D eigenvalue weighted by atomic mass is 31.2. The summed E-state index contributed by atoms with van der Waals surface area (Å²) in [4.78, 5) is 5.79. The van der Waals surface area contributed by atoms with E-state index in [4.69, 9.17) is 18.4 Å². The van der Waals surface area contributed by atoms with Crippen molar-refractivity contribution in [1.82, 2.24) is 15.2 Å². The summed E-state index contributed by atoms with van der Waals surface area (Å²) in [5, 5.41) is 26.7. The third-order valence-corrected chi connectivity index (χ3v) is 10.1. The zero-order valence-electron chi connectivity index (χ0n) is 26.3. The van der Waals surface area contributed by atoms with Gasteiger partial charge in [0.2, 0.25) is 0 Å². The fraction of sp³-hybridized carbons (Fsp3) is 1.00. The van der Waals surface area contributed by atoms with Gasteiger partial charge in [-0.2, -0.15) is 15.2 Å². The van der Waals surface area contributed by atoms with E-state index in [0.717, 1.165) is 12.8 Å². The number of piperidine rings is 3. The Morgan fingerprint density at radius 2 is 0.737 bits per heavy atom. The van der Waals surface area contributed by atoms with Crippen molar-refractivity contribution in [3.8, 4) is 0 Å². The maximum atomic E-state index is 10.8. The number of hydrogen-bond donors (Lipinski definition) is 2. The molecule has 224 valence electrons. The van der Waals surface area contributed by atoms with E-state index in [9.17, 15) is 10.4 Å². The van der Waals surface area contributed by atoms with Gasteiger partial charge in [0.1, 0.15) is 0 Å². The Morgan fingerprint density at radius 3 is 0.974 bits per heavy atom. The quantitative estimate of drug-likeness (QED) is 0.331. The van der Waals surface area contributed by atoms with Crippen LogP contribution in [0.5, 0.6) is 0 Å². The molecule has 38 heavy (non-hydrogen) atoms. The van der Waals surface area contributed by atoms with E-state index in [1.807, 2.05) is 55.4 Å². The minimum atomic E-state index is -1.68. The second-order valence-electron chi connectivity index (χ2n) is 15.6. The lowest BCUT2D eigenvalue weighted by Gasteiger charge is -2.54. The van der Waals surface area contributed by atoms with Gasteiger partial charge in [-0.05, 0) is 122 Å². The molecule has 3 saturated heterocycles. The fourth-order valence-electron chi connectivity index (χ4n) is 7.69. The minimum Gasteiger partial charge on any atom is -0.313 e. The highest BCUT2D eigenvalue weighted by molar-refractivity contribution is 7.41. The van der Waals surface area contributed by atoms with Crippen LogP contribution in [0.2, 0.25) is 0 Å². The number of rotatable bonds is 7. The topological polar surface area (TPSA) is 87.1 Å². The summed E-state index contributed by atoms with van der Waals surface area (Å²) in [6.45, 7) is 25.1. The number of hydrogen-bond acceptors (Lipinski definition) is 9. The van der Waals surface area contributed by atoms with Crippen molar-refractivity contribution in [3.05, 3.63) is 0 Å². The normalized spacial score (nSPS) is 30.6. The van der Waals surface area contributed by atoms with Crippen LogP contribution in [0.15, 0.2) is 0 Å². The molecule has 3 aliphatic rings.